The van der Waals surface area contributed by atoms with Gasteiger partial charge >= 0.3 is 0 Å². The van der Waals surface area contributed by atoms with Crippen LogP contribution in [0.1, 0.15) is 38.6 Å². The van der Waals surface area contributed by atoms with Crippen LogP contribution < -0.4 is 10.9 Å². The Labute approximate surface area is 153 Å². The van der Waals surface area contributed by atoms with Crippen LogP contribution in [0.4, 0.5) is 0 Å². The number of aliphatic imine (C=N–C) groups is 1. The molecule has 5 nitrogen and oxygen atoms in total. The van der Waals surface area contributed by atoms with E-state index in [0.717, 1.165) is 23.5 Å². The van der Waals surface area contributed by atoms with Crippen molar-refractivity contribution in [3.8, 4) is 11.8 Å². The highest BCUT2D eigenvalue weighted by molar-refractivity contribution is 6.09. The van der Waals surface area contributed by atoms with Crippen LogP contribution in [-0.4, -0.2) is 27.8 Å². The van der Waals surface area contributed by atoms with Crippen molar-refractivity contribution in [3.63, 3.8) is 0 Å². The molecule has 1 N–H and O–H groups in total. The highest BCUT2D eigenvalue weighted by Crippen LogP contribution is 2.17. The van der Waals surface area contributed by atoms with E-state index in [4.69, 9.17) is 0 Å². The highest BCUT2D eigenvalue weighted by Gasteiger charge is 2.26. The molecule has 0 amide bonds. The Kier molecular flexibility index (Phi) is 5.06. The maximum absolute atomic E-state index is 12.8. The van der Waals surface area contributed by atoms with Crippen LogP contribution in [0.25, 0.3) is 10.9 Å². The number of nitrogens with zero attached hydrogens (tertiary/aromatic N) is 3. The molecule has 0 aliphatic carbocycles. The van der Waals surface area contributed by atoms with Gasteiger partial charge in [0, 0.05) is 24.7 Å². The second kappa shape index (κ2) is 7.27. The summed E-state index contributed by atoms with van der Waals surface area (Å²) in [6.07, 6.45) is 4.89. The Hall–Kier alpha value is -2.71. The van der Waals surface area contributed by atoms with E-state index in [1.54, 1.807) is 11.6 Å². The van der Waals surface area contributed by atoms with Crippen molar-refractivity contribution in [3.05, 3.63) is 52.1 Å². The number of aromatic nitrogens is 2. The van der Waals surface area contributed by atoms with Gasteiger partial charge in [0.2, 0.25) is 0 Å². The van der Waals surface area contributed by atoms with E-state index in [2.05, 4.69) is 47.9 Å². The molecule has 2 aromatic rings. The van der Waals surface area contributed by atoms with Crippen molar-refractivity contribution >= 4 is 16.6 Å². The number of allylic oxidation sites excluding steroid dienone is 2. The summed E-state index contributed by atoms with van der Waals surface area (Å²) < 4.78 is 1.78. The van der Waals surface area contributed by atoms with Crippen LogP contribution in [0.5, 0.6) is 0 Å². The molecule has 26 heavy (non-hydrogen) atoms. The van der Waals surface area contributed by atoms with Crippen LogP contribution in [-0.2, 0) is 13.1 Å². The first-order valence-corrected chi connectivity index (χ1v) is 8.87. The Morgan fingerprint density at radius 3 is 3.00 bits per heavy atom. The maximum atomic E-state index is 12.8. The number of hydrogen-bond acceptors (Lipinski definition) is 4. The second-order valence-electron chi connectivity index (χ2n) is 7.06. The van der Waals surface area contributed by atoms with Crippen molar-refractivity contribution in [2.24, 2.45) is 4.99 Å². The zero-order chi connectivity index (χ0) is 18.7. The summed E-state index contributed by atoms with van der Waals surface area (Å²) in [6.45, 7) is 7.45. The average molecular weight is 348 g/mol. The van der Waals surface area contributed by atoms with E-state index >= 15 is 0 Å². The lowest BCUT2D eigenvalue weighted by Gasteiger charge is -2.33. The molecule has 0 radical (unpaired) electrons. The first-order chi connectivity index (χ1) is 12.4. The summed E-state index contributed by atoms with van der Waals surface area (Å²) in [7, 11) is 1.73. The number of benzene rings is 1. The van der Waals surface area contributed by atoms with E-state index in [1.807, 2.05) is 30.4 Å². The Bertz CT molecular complexity index is 1020. The van der Waals surface area contributed by atoms with E-state index < -0.39 is 0 Å². The monoisotopic (exact) mass is 348 g/mol. The van der Waals surface area contributed by atoms with Crippen LogP contribution in [0.2, 0.25) is 0 Å². The van der Waals surface area contributed by atoms with Gasteiger partial charge in [-0.25, -0.2) is 4.98 Å². The molecule has 0 atom stereocenters. The molecule has 0 fully saturated rings. The molecule has 0 saturated carbocycles. The summed E-state index contributed by atoms with van der Waals surface area (Å²) in [5, 5.41) is 4.05. The van der Waals surface area contributed by atoms with Gasteiger partial charge < -0.3 is 5.32 Å². The minimum Gasteiger partial charge on any atom is -0.303 e. The molecule has 0 unspecified atom stereocenters. The molecule has 0 saturated heterocycles. The summed E-state index contributed by atoms with van der Waals surface area (Å²) in [6, 6.07) is 5.57. The van der Waals surface area contributed by atoms with Crippen molar-refractivity contribution in [1.29, 1.82) is 0 Å². The van der Waals surface area contributed by atoms with Gasteiger partial charge in [-0.1, -0.05) is 18.9 Å². The maximum Gasteiger partial charge on any atom is 0.261 e. The van der Waals surface area contributed by atoms with Crippen LogP contribution in [0.15, 0.2) is 40.1 Å². The topological polar surface area (TPSA) is 59.3 Å². The van der Waals surface area contributed by atoms with Gasteiger partial charge in [0.1, 0.15) is 11.5 Å². The average Bonchev–Trinajstić information content (AvgIpc) is 2.62. The van der Waals surface area contributed by atoms with Gasteiger partial charge in [-0.05, 0) is 50.5 Å². The van der Waals surface area contributed by atoms with E-state index in [1.165, 1.54) is 0 Å². The molecule has 134 valence electrons. The highest BCUT2D eigenvalue weighted by atomic mass is 16.1. The quantitative estimate of drug-likeness (QED) is 0.670. The smallest absolute Gasteiger partial charge is 0.261 e. The lowest BCUT2D eigenvalue weighted by molar-refractivity contribution is 0.282. The largest absolute Gasteiger partial charge is 0.303 e. The number of fused-ring (bicyclic) bond motifs is 2. The van der Waals surface area contributed by atoms with Crippen molar-refractivity contribution in [2.75, 3.05) is 7.05 Å². The van der Waals surface area contributed by atoms with Crippen LogP contribution in [0, 0.1) is 11.8 Å². The lowest BCUT2D eigenvalue weighted by atomic mass is 10.0. The fraction of sp³-hybridized carbons (Fsp3) is 0.381. The Morgan fingerprint density at radius 1 is 1.46 bits per heavy atom. The predicted octanol–water partition coefficient (Wildman–Crippen LogP) is 2.67. The summed E-state index contributed by atoms with van der Waals surface area (Å²) in [5.74, 6) is 6.95. The fourth-order valence-corrected chi connectivity index (χ4v) is 2.95. The Balaban J connectivity index is 2.01. The molecule has 3 rings (SSSR count). The van der Waals surface area contributed by atoms with Crippen molar-refractivity contribution in [1.82, 2.24) is 14.9 Å². The molecule has 1 aromatic carbocycles. The molecular weight excluding hydrogens is 324 g/mol. The molecule has 0 spiro atoms. The third-order valence-electron chi connectivity index (χ3n) is 4.40. The molecule has 1 aliphatic heterocycles. The minimum atomic E-state index is -0.112. The third kappa shape index (κ3) is 3.76. The van der Waals surface area contributed by atoms with E-state index in [0.29, 0.717) is 24.0 Å². The van der Waals surface area contributed by atoms with E-state index in [9.17, 15) is 4.79 Å². The van der Waals surface area contributed by atoms with Gasteiger partial charge in [-0.15, -0.1) is 0 Å². The molecular formula is C21H24N4O. The second-order valence-corrected chi connectivity index (χ2v) is 7.06. The van der Waals surface area contributed by atoms with Crippen LogP contribution in [0.3, 0.4) is 0 Å². The van der Waals surface area contributed by atoms with Gasteiger partial charge in [0.25, 0.3) is 5.56 Å². The van der Waals surface area contributed by atoms with Gasteiger partial charge in [0.15, 0.2) is 0 Å². The van der Waals surface area contributed by atoms with Crippen molar-refractivity contribution < 1.29 is 0 Å². The molecule has 1 aromatic heterocycles. The third-order valence-corrected chi connectivity index (χ3v) is 4.40. The summed E-state index contributed by atoms with van der Waals surface area (Å²) in [4.78, 5) is 21.7. The standard InChI is InChI=1S/C21H24N4O/c1-5-6-7-16(22-4)10-8-15-9-11-17-18(12-15)24-19-13-23-21(2,3)14-25(19)20(17)26/h6-7,9,11-12,23H,5,13-14H2,1-4H3/b7-6-,22-16?. The number of nitrogens with one attached hydrogen (secondary N) is 1. The Morgan fingerprint density at radius 2 is 2.27 bits per heavy atom. The van der Waals surface area contributed by atoms with E-state index in [-0.39, 0.29) is 11.1 Å². The zero-order valence-corrected chi connectivity index (χ0v) is 15.8. The van der Waals surface area contributed by atoms with Gasteiger partial charge in [0.05, 0.1) is 17.4 Å². The molecule has 2 heterocycles. The zero-order valence-electron chi connectivity index (χ0n) is 15.8. The number of hydrogen-bond donors (Lipinski definition) is 1. The fourth-order valence-electron chi connectivity index (χ4n) is 2.95. The van der Waals surface area contributed by atoms with Crippen LogP contribution >= 0.6 is 0 Å². The molecule has 1 aliphatic rings. The molecule has 0 bridgehead atoms. The van der Waals surface area contributed by atoms with Gasteiger partial charge in [-0.3, -0.25) is 14.4 Å². The normalized spacial score (nSPS) is 16.4. The molecule has 5 heteroatoms. The lowest BCUT2D eigenvalue weighted by Crippen LogP contribution is -2.50. The summed E-state index contributed by atoms with van der Waals surface area (Å²) in [5.41, 5.74) is 2.15. The van der Waals surface area contributed by atoms with Crippen molar-refractivity contribution in [2.45, 2.75) is 45.8 Å². The summed E-state index contributed by atoms with van der Waals surface area (Å²) >= 11 is 0. The first kappa shape index (κ1) is 18.1. The minimum absolute atomic E-state index is 0.0146. The predicted molar refractivity (Wildman–Crippen MR) is 107 cm³/mol. The first-order valence-electron chi connectivity index (χ1n) is 8.87. The van der Waals surface area contributed by atoms with Gasteiger partial charge in [-0.2, -0.15) is 0 Å². The SMILES string of the molecule is CC/C=C\C(C#Cc1ccc2c(=O)n3c(nc2c1)CNC(C)(C)C3)=NC. The number of rotatable bonds is 2.